The van der Waals surface area contributed by atoms with Gasteiger partial charge in [0.05, 0.1) is 27.7 Å². The van der Waals surface area contributed by atoms with Gasteiger partial charge in [-0.25, -0.2) is 17.6 Å². The zero-order chi connectivity index (χ0) is 24.0. The Morgan fingerprint density at radius 2 is 1.70 bits per heavy atom. The van der Waals surface area contributed by atoms with Gasteiger partial charge in [-0.05, 0) is 54.6 Å². The van der Waals surface area contributed by atoms with E-state index < -0.39 is 34.2 Å². The summed E-state index contributed by atoms with van der Waals surface area (Å²) in [6, 6.07) is 16.5. The summed E-state index contributed by atoms with van der Waals surface area (Å²) in [7, 11) is -4.11. The van der Waals surface area contributed by atoms with Crippen LogP contribution in [0.25, 0.3) is 0 Å². The molecule has 0 spiro atoms. The molecule has 3 aromatic carbocycles. The lowest BCUT2D eigenvalue weighted by Crippen LogP contribution is -2.31. The molecule has 0 aliphatic heterocycles. The first-order valence-electron chi connectivity index (χ1n) is 9.68. The van der Waals surface area contributed by atoms with E-state index >= 15 is 0 Å². The summed E-state index contributed by atoms with van der Waals surface area (Å²) in [6.45, 7) is 2.97. The number of benzene rings is 3. The van der Waals surface area contributed by atoms with Gasteiger partial charge in [-0.3, -0.25) is 9.10 Å². The molecular formula is C24H19ClFNO5S. The van der Waals surface area contributed by atoms with Crippen LogP contribution in [-0.4, -0.2) is 33.3 Å². The molecule has 0 bridgehead atoms. The Kier molecular flexibility index (Phi) is 7.63. The minimum absolute atomic E-state index is 0.0487. The quantitative estimate of drug-likeness (QED) is 0.243. The second-order valence-electron chi connectivity index (χ2n) is 6.81. The number of hydrogen-bond donors (Lipinski definition) is 0. The predicted molar refractivity (Wildman–Crippen MR) is 124 cm³/mol. The number of carbonyl (C=O) groups is 2. The number of halogens is 2. The highest BCUT2D eigenvalue weighted by atomic mass is 35.5. The van der Waals surface area contributed by atoms with Crippen molar-refractivity contribution in [3.63, 3.8) is 0 Å². The lowest BCUT2D eigenvalue weighted by Gasteiger charge is -2.24. The van der Waals surface area contributed by atoms with Crippen LogP contribution < -0.4 is 4.31 Å². The molecule has 0 radical (unpaired) electrons. The van der Waals surface area contributed by atoms with Gasteiger partial charge in [-0.2, -0.15) is 0 Å². The smallest absolute Gasteiger partial charge is 0.338 e. The van der Waals surface area contributed by atoms with Crippen molar-refractivity contribution >= 4 is 39.1 Å². The first kappa shape index (κ1) is 24.2. The van der Waals surface area contributed by atoms with E-state index in [0.29, 0.717) is 0 Å². The number of sulfonamides is 1. The van der Waals surface area contributed by atoms with E-state index in [1.54, 1.807) is 24.3 Å². The lowest BCUT2D eigenvalue weighted by atomic mass is 10.1. The highest BCUT2D eigenvalue weighted by molar-refractivity contribution is 7.92. The van der Waals surface area contributed by atoms with Gasteiger partial charge in [0.25, 0.3) is 10.0 Å². The molecule has 0 aliphatic carbocycles. The second kappa shape index (κ2) is 10.4. The van der Waals surface area contributed by atoms with E-state index in [9.17, 15) is 22.4 Å². The van der Waals surface area contributed by atoms with Crippen LogP contribution in [0.5, 0.6) is 0 Å². The minimum atomic E-state index is -4.11. The molecule has 0 saturated heterocycles. The summed E-state index contributed by atoms with van der Waals surface area (Å²) in [5.74, 6) is -1.90. The summed E-state index contributed by atoms with van der Waals surface area (Å²) in [5, 5.41) is 0.234. The van der Waals surface area contributed by atoms with Crippen molar-refractivity contribution in [1.29, 1.82) is 0 Å². The van der Waals surface area contributed by atoms with Crippen LogP contribution in [0.1, 0.15) is 20.7 Å². The van der Waals surface area contributed by atoms with Crippen molar-refractivity contribution in [2.45, 2.75) is 4.90 Å². The normalized spacial score (nSPS) is 11.0. The molecule has 9 heteroatoms. The van der Waals surface area contributed by atoms with Crippen molar-refractivity contribution in [3.05, 3.63) is 107 Å². The highest BCUT2D eigenvalue weighted by Gasteiger charge is 2.26. The average molecular weight is 488 g/mol. The summed E-state index contributed by atoms with van der Waals surface area (Å²) in [6.07, 6.45) is 1.42. The predicted octanol–water partition coefficient (Wildman–Crippen LogP) is 4.90. The number of hydrogen-bond acceptors (Lipinski definition) is 5. The van der Waals surface area contributed by atoms with E-state index in [2.05, 4.69) is 6.58 Å². The van der Waals surface area contributed by atoms with Crippen molar-refractivity contribution in [2.75, 3.05) is 17.5 Å². The van der Waals surface area contributed by atoms with Crippen LogP contribution in [-0.2, 0) is 14.8 Å². The Bertz CT molecular complexity index is 1290. The standard InChI is InChI=1S/C24H19ClFNO5S/c1-2-14-27(22-9-4-3-8-21(22)25)33(30,31)20-7-5-6-18(15-20)24(29)32-16-23(28)17-10-12-19(26)13-11-17/h2-13,15H,1,14,16H2. The van der Waals surface area contributed by atoms with Crippen molar-refractivity contribution in [1.82, 2.24) is 0 Å². The Hall–Kier alpha value is -3.49. The molecular weight excluding hydrogens is 469 g/mol. The first-order chi connectivity index (χ1) is 15.7. The van der Waals surface area contributed by atoms with Gasteiger partial charge in [-0.15, -0.1) is 6.58 Å². The van der Waals surface area contributed by atoms with Gasteiger partial charge in [0.15, 0.2) is 12.4 Å². The maximum atomic E-state index is 13.3. The zero-order valence-electron chi connectivity index (χ0n) is 17.3. The van der Waals surface area contributed by atoms with Crippen LogP contribution in [0.15, 0.2) is 90.3 Å². The molecule has 0 aliphatic rings. The number of carbonyl (C=O) groups excluding carboxylic acids is 2. The maximum Gasteiger partial charge on any atom is 0.338 e. The Morgan fingerprint density at radius 1 is 1.00 bits per heavy atom. The molecule has 0 atom stereocenters. The van der Waals surface area contributed by atoms with E-state index in [1.807, 2.05) is 0 Å². The molecule has 0 N–H and O–H groups in total. The zero-order valence-corrected chi connectivity index (χ0v) is 18.9. The fourth-order valence-corrected chi connectivity index (χ4v) is 4.73. The molecule has 0 aromatic heterocycles. The van der Waals surface area contributed by atoms with E-state index in [-0.39, 0.29) is 33.3 Å². The van der Waals surface area contributed by atoms with Gasteiger partial charge < -0.3 is 4.74 Å². The SMILES string of the molecule is C=CCN(c1ccccc1Cl)S(=O)(=O)c1cccc(C(=O)OCC(=O)c2ccc(F)cc2)c1. The number of ketones is 1. The van der Waals surface area contributed by atoms with E-state index in [0.717, 1.165) is 22.5 Å². The third-order valence-electron chi connectivity index (χ3n) is 4.57. The molecule has 170 valence electrons. The Labute approximate surface area is 195 Å². The Balaban J connectivity index is 1.81. The minimum Gasteiger partial charge on any atom is -0.454 e. The van der Waals surface area contributed by atoms with Gasteiger partial charge in [-0.1, -0.05) is 35.9 Å². The molecule has 3 rings (SSSR count). The van der Waals surface area contributed by atoms with Crippen LogP contribution >= 0.6 is 11.6 Å². The fraction of sp³-hybridized carbons (Fsp3) is 0.0833. The van der Waals surface area contributed by atoms with Crippen molar-refractivity contribution in [3.8, 4) is 0 Å². The number of ether oxygens (including phenoxy) is 1. The molecule has 3 aromatic rings. The molecule has 0 saturated carbocycles. The first-order valence-corrected chi connectivity index (χ1v) is 11.5. The number of anilines is 1. The second-order valence-corrected chi connectivity index (χ2v) is 9.08. The van der Waals surface area contributed by atoms with E-state index in [1.165, 1.54) is 36.4 Å². The van der Waals surface area contributed by atoms with Gasteiger partial charge in [0.1, 0.15) is 5.82 Å². The fourth-order valence-electron chi connectivity index (χ4n) is 2.94. The van der Waals surface area contributed by atoms with Gasteiger partial charge in [0, 0.05) is 5.56 Å². The molecule has 0 fully saturated rings. The summed E-state index contributed by atoms with van der Waals surface area (Å²) < 4.78 is 45.7. The van der Waals surface area contributed by atoms with Crippen LogP contribution in [0.4, 0.5) is 10.1 Å². The summed E-state index contributed by atoms with van der Waals surface area (Å²) in [5.41, 5.74) is 0.387. The number of Topliss-reactive ketones (excluding diaryl/α,β-unsaturated/α-hetero) is 1. The summed E-state index contributed by atoms with van der Waals surface area (Å²) in [4.78, 5) is 24.4. The number of nitrogens with zero attached hydrogens (tertiary/aromatic N) is 1. The number of rotatable bonds is 9. The van der Waals surface area contributed by atoms with Gasteiger partial charge >= 0.3 is 5.97 Å². The lowest BCUT2D eigenvalue weighted by molar-refractivity contribution is 0.0474. The topological polar surface area (TPSA) is 80.8 Å². The van der Waals surface area contributed by atoms with Crippen LogP contribution in [0, 0.1) is 5.82 Å². The van der Waals surface area contributed by atoms with Crippen molar-refractivity contribution in [2.24, 2.45) is 0 Å². The molecule has 6 nitrogen and oxygen atoms in total. The Morgan fingerprint density at radius 3 is 2.36 bits per heavy atom. The largest absolute Gasteiger partial charge is 0.454 e. The third kappa shape index (κ3) is 5.66. The maximum absolute atomic E-state index is 13.3. The van der Waals surface area contributed by atoms with Crippen LogP contribution in [0.2, 0.25) is 5.02 Å². The highest BCUT2D eigenvalue weighted by Crippen LogP contribution is 2.30. The third-order valence-corrected chi connectivity index (χ3v) is 6.67. The molecule has 0 unspecified atom stereocenters. The molecule has 0 heterocycles. The van der Waals surface area contributed by atoms with Crippen LogP contribution in [0.3, 0.4) is 0 Å². The monoisotopic (exact) mass is 487 g/mol. The van der Waals surface area contributed by atoms with Gasteiger partial charge in [0.2, 0.25) is 0 Å². The molecule has 0 amide bonds. The number of para-hydroxylation sites is 1. The average Bonchev–Trinajstić information content (AvgIpc) is 2.82. The number of esters is 1. The molecule has 33 heavy (non-hydrogen) atoms. The van der Waals surface area contributed by atoms with E-state index in [4.69, 9.17) is 16.3 Å². The summed E-state index contributed by atoms with van der Waals surface area (Å²) >= 11 is 6.19. The van der Waals surface area contributed by atoms with Crippen molar-refractivity contribution < 1.29 is 27.1 Å².